The lowest BCUT2D eigenvalue weighted by Crippen LogP contribution is -2.50. The number of carboxylic acids is 1. The highest BCUT2D eigenvalue weighted by Crippen LogP contribution is 2.29. The number of rotatable bonds is 7. The normalized spacial score (nSPS) is 15.3. The molecule has 1 aliphatic heterocycles. The van der Waals surface area contributed by atoms with Crippen molar-refractivity contribution in [1.82, 2.24) is 5.32 Å². The van der Waals surface area contributed by atoms with Crippen molar-refractivity contribution in [3.63, 3.8) is 0 Å². The number of ether oxygens (including phenoxy) is 1. The molecule has 2 amide bonds. The molecule has 0 aliphatic carbocycles. The maximum atomic E-state index is 12.4. The Bertz CT molecular complexity index is 714. The van der Waals surface area contributed by atoms with Crippen LogP contribution in [0.3, 0.4) is 0 Å². The summed E-state index contributed by atoms with van der Waals surface area (Å²) in [7, 11) is 0. The third-order valence-corrected chi connectivity index (χ3v) is 4.40. The fraction of sp³-hybridized carbons (Fsp3) is 0.550. The van der Waals surface area contributed by atoms with Crippen LogP contribution in [-0.4, -0.2) is 41.3 Å². The van der Waals surface area contributed by atoms with Crippen LogP contribution in [0.1, 0.15) is 46.1 Å². The van der Waals surface area contributed by atoms with E-state index in [4.69, 9.17) is 4.74 Å². The minimum absolute atomic E-state index is 0.0194. The van der Waals surface area contributed by atoms with Gasteiger partial charge in [-0.05, 0) is 44.2 Å². The number of para-hydroxylation sites is 1. The van der Waals surface area contributed by atoms with Crippen molar-refractivity contribution in [3.05, 3.63) is 29.8 Å². The Morgan fingerprint density at radius 3 is 2.56 bits per heavy atom. The molecular formula is C20H28N2O5. The van der Waals surface area contributed by atoms with E-state index in [1.807, 2.05) is 38.1 Å². The van der Waals surface area contributed by atoms with Crippen LogP contribution in [0.25, 0.3) is 0 Å². The van der Waals surface area contributed by atoms with E-state index >= 15 is 0 Å². The second kappa shape index (κ2) is 8.41. The smallest absolute Gasteiger partial charge is 0.408 e. The Morgan fingerprint density at radius 2 is 1.93 bits per heavy atom. The van der Waals surface area contributed by atoms with Crippen LogP contribution in [0.15, 0.2) is 24.3 Å². The molecule has 1 atom stereocenters. The lowest BCUT2D eigenvalue weighted by molar-refractivity contribution is -0.139. The van der Waals surface area contributed by atoms with Crippen molar-refractivity contribution < 1.29 is 24.2 Å². The molecule has 1 aliphatic rings. The molecule has 0 aromatic heterocycles. The molecule has 2 rings (SSSR count). The van der Waals surface area contributed by atoms with Crippen LogP contribution in [0.2, 0.25) is 0 Å². The number of aliphatic carboxylic acids is 1. The molecule has 0 saturated heterocycles. The van der Waals surface area contributed by atoms with Gasteiger partial charge in [0, 0.05) is 12.1 Å². The minimum Gasteiger partial charge on any atom is -0.480 e. The predicted octanol–water partition coefficient (Wildman–Crippen LogP) is 2.97. The zero-order chi connectivity index (χ0) is 20.2. The summed E-state index contributed by atoms with van der Waals surface area (Å²) in [5.41, 5.74) is 0.930. The van der Waals surface area contributed by atoms with Gasteiger partial charge in [-0.3, -0.25) is 4.79 Å². The Labute approximate surface area is 159 Å². The number of carboxylic acid groups (broad SMARTS) is 1. The van der Waals surface area contributed by atoms with Gasteiger partial charge in [0.1, 0.15) is 11.6 Å². The van der Waals surface area contributed by atoms with E-state index in [0.29, 0.717) is 19.3 Å². The zero-order valence-corrected chi connectivity index (χ0v) is 16.3. The van der Waals surface area contributed by atoms with Crippen LogP contribution in [0.5, 0.6) is 0 Å². The summed E-state index contributed by atoms with van der Waals surface area (Å²) in [4.78, 5) is 37.6. The monoisotopic (exact) mass is 376 g/mol. The number of nitrogens with one attached hydrogen (secondary N) is 1. The highest BCUT2D eigenvalue weighted by Gasteiger charge is 2.33. The third-order valence-electron chi connectivity index (χ3n) is 4.40. The highest BCUT2D eigenvalue weighted by molar-refractivity contribution is 5.96. The molecule has 0 bridgehead atoms. The topological polar surface area (TPSA) is 95.9 Å². The maximum absolute atomic E-state index is 12.4. The molecule has 7 nitrogen and oxygen atoms in total. The predicted molar refractivity (Wildman–Crippen MR) is 102 cm³/mol. The van der Waals surface area contributed by atoms with Crippen LogP contribution in [0.4, 0.5) is 10.5 Å². The number of anilines is 1. The largest absolute Gasteiger partial charge is 0.480 e. The molecule has 1 heterocycles. The summed E-state index contributed by atoms with van der Waals surface area (Å²) in [6.07, 6.45) is 0.617. The maximum Gasteiger partial charge on any atom is 0.408 e. The summed E-state index contributed by atoms with van der Waals surface area (Å²) >= 11 is 0. The number of alkyl carbamates (subject to hydrolysis) is 1. The summed E-state index contributed by atoms with van der Waals surface area (Å²) in [6.45, 7) is 7.36. The zero-order valence-electron chi connectivity index (χ0n) is 16.3. The van der Waals surface area contributed by atoms with Crippen molar-refractivity contribution >= 4 is 23.7 Å². The average molecular weight is 376 g/mol. The molecular weight excluding hydrogens is 348 g/mol. The Kier molecular flexibility index (Phi) is 6.46. The number of hydrogen-bond acceptors (Lipinski definition) is 4. The van der Waals surface area contributed by atoms with Crippen molar-refractivity contribution in [1.29, 1.82) is 0 Å². The van der Waals surface area contributed by atoms with Crippen molar-refractivity contribution in [2.75, 3.05) is 11.4 Å². The first kappa shape index (κ1) is 20.7. The van der Waals surface area contributed by atoms with Gasteiger partial charge >= 0.3 is 12.1 Å². The fourth-order valence-corrected chi connectivity index (χ4v) is 3.20. The standard InChI is InChI=1S/C20H28N2O5/c1-13(2)11-15(18(24)25)21-19(26)27-20(3,4)12-22-16-8-6-5-7-14(16)9-10-17(22)23/h5-8,13,15H,9-12H2,1-4H3,(H,21,26)(H,24,25)/t15-/m1/s1. The molecule has 148 valence electrons. The van der Waals surface area contributed by atoms with E-state index in [0.717, 1.165) is 11.3 Å². The fourth-order valence-electron chi connectivity index (χ4n) is 3.20. The van der Waals surface area contributed by atoms with Gasteiger partial charge in [-0.2, -0.15) is 0 Å². The van der Waals surface area contributed by atoms with Gasteiger partial charge in [0.25, 0.3) is 0 Å². The Balaban J connectivity index is 2.05. The van der Waals surface area contributed by atoms with Crippen molar-refractivity contribution in [2.45, 2.75) is 58.6 Å². The molecule has 2 N–H and O–H groups in total. The van der Waals surface area contributed by atoms with Gasteiger partial charge in [-0.1, -0.05) is 32.0 Å². The second-order valence-electron chi connectivity index (χ2n) is 7.92. The van der Waals surface area contributed by atoms with Gasteiger partial charge in [-0.25, -0.2) is 9.59 Å². The summed E-state index contributed by atoms with van der Waals surface area (Å²) in [5, 5.41) is 11.7. The lowest BCUT2D eigenvalue weighted by Gasteiger charge is -2.36. The van der Waals surface area contributed by atoms with Gasteiger partial charge < -0.3 is 20.1 Å². The first-order valence-corrected chi connectivity index (χ1v) is 9.19. The second-order valence-corrected chi connectivity index (χ2v) is 7.92. The lowest BCUT2D eigenvalue weighted by atomic mass is 9.99. The molecule has 7 heteroatoms. The third kappa shape index (κ3) is 5.70. The van der Waals surface area contributed by atoms with Gasteiger partial charge in [0.15, 0.2) is 0 Å². The first-order chi connectivity index (χ1) is 12.6. The Morgan fingerprint density at radius 1 is 1.26 bits per heavy atom. The molecule has 27 heavy (non-hydrogen) atoms. The number of fused-ring (bicyclic) bond motifs is 1. The van der Waals surface area contributed by atoms with Crippen molar-refractivity contribution in [2.24, 2.45) is 5.92 Å². The van der Waals surface area contributed by atoms with E-state index in [9.17, 15) is 19.5 Å². The Hall–Kier alpha value is -2.57. The molecule has 0 spiro atoms. The molecule has 0 fully saturated rings. The van der Waals surface area contributed by atoms with E-state index in [1.54, 1.807) is 18.7 Å². The average Bonchev–Trinajstić information content (AvgIpc) is 2.55. The number of carbonyl (C=O) groups is 3. The van der Waals surface area contributed by atoms with Crippen LogP contribution < -0.4 is 10.2 Å². The number of aryl methyl sites for hydroxylation is 1. The number of benzene rings is 1. The number of carbonyl (C=O) groups excluding carboxylic acids is 2. The molecule has 1 aromatic rings. The van der Waals surface area contributed by atoms with E-state index in [-0.39, 0.29) is 18.4 Å². The molecule has 0 radical (unpaired) electrons. The van der Waals surface area contributed by atoms with Crippen LogP contribution >= 0.6 is 0 Å². The SMILES string of the molecule is CC(C)C[C@@H](NC(=O)OC(C)(C)CN1C(=O)CCc2ccccc21)C(=O)O. The summed E-state index contributed by atoms with van der Waals surface area (Å²) in [6, 6.07) is 6.66. The number of amides is 2. The highest BCUT2D eigenvalue weighted by atomic mass is 16.6. The quantitative estimate of drug-likeness (QED) is 0.763. The van der Waals surface area contributed by atoms with Crippen LogP contribution in [0, 0.1) is 5.92 Å². The van der Waals surface area contributed by atoms with E-state index in [2.05, 4.69) is 5.32 Å². The molecule has 0 saturated carbocycles. The van der Waals surface area contributed by atoms with Crippen molar-refractivity contribution in [3.8, 4) is 0 Å². The van der Waals surface area contributed by atoms with Gasteiger partial charge in [0.2, 0.25) is 5.91 Å². The molecule has 1 aromatic carbocycles. The first-order valence-electron chi connectivity index (χ1n) is 9.19. The van der Waals surface area contributed by atoms with E-state index < -0.39 is 23.7 Å². The summed E-state index contributed by atoms with van der Waals surface area (Å²) < 4.78 is 5.46. The number of nitrogens with zero attached hydrogens (tertiary/aromatic N) is 1. The molecule has 0 unspecified atom stereocenters. The minimum atomic E-state index is -1.10. The van der Waals surface area contributed by atoms with E-state index in [1.165, 1.54) is 0 Å². The van der Waals surface area contributed by atoms with Crippen LogP contribution in [-0.2, 0) is 20.7 Å². The van der Waals surface area contributed by atoms with Gasteiger partial charge in [0.05, 0.1) is 6.54 Å². The summed E-state index contributed by atoms with van der Waals surface area (Å²) in [5.74, 6) is -1.01. The number of hydrogen-bond donors (Lipinski definition) is 2. The van der Waals surface area contributed by atoms with Gasteiger partial charge in [-0.15, -0.1) is 0 Å².